The second-order valence-corrected chi connectivity index (χ2v) is 5.15. The van der Waals surface area contributed by atoms with Gasteiger partial charge < -0.3 is 14.5 Å². The van der Waals surface area contributed by atoms with Crippen molar-refractivity contribution in [2.75, 3.05) is 12.4 Å². The number of fused-ring (bicyclic) bond motifs is 1. The Hall–Kier alpha value is -3.35. The molecule has 0 saturated carbocycles. The van der Waals surface area contributed by atoms with E-state index in [9.17, 15) is 14.9 Å². The highest BCUT2D eigenvalue weighted by Crippen LogP contribution is 2.31. The van der Waals surface area contributed by atoms with Crippen molar-refractivity contribution in [1.82, 2.24) is 0 Å². The molecule has 24 heavy (non-hydrogen) atoms. The lowest BCUT2D eigenvalue weighted by Crippen LogP contribution is -2.13. The van der Waals surface area contributed by atoms with Crippen LogP contribution in [-0.4, -0.2) is 17.9 Å². The number of benzene rings is 2. The number of methoxy groups -OCH3 is 1. The van der Waals surface area contributed by atoms with Gasteiger partial charge in [-0.15, -0.1) is 0 Å². The van der Waals surface area contributed by atoms with E-state index >= 15 is 0 Å². The predicted octanol–water partition coefficient (Wildman–Crippen LogP) is 3.91. The van der Waals surface area contributed by atoms with Crippen molar-refractivity contribution in [3.05, 3.63) is 63.9 Å². The molecule has 2 aromatic carbocycles. The molecule has 0 aliphatic carbocycles. The normalized spacial score (nSPS) is 10.6. The number of ether oxygens (including phenoxy) is 1. The van der Waals surface area contributed by atoms with Crippen molar-refractivity contribution in [1.29, 1.82) is 0 Å². The second kappa shape index (κ2) is 6.04. The summed E-state index contributed by atoms with van der Waals surface area (Å²) in [5.41, 5.74) is 1.55. The number of rotatable bonds is 4. The van der Waals surface area contributed by atoms with E-state index < -0.39 is 10.8 Å². The molecule has 0 aliphatic heterocycles. The summed E-state index contributed by atoms with van der Waals surface area (Å²) in [7, 11) is 1.38. The van der Waals surface area contributed by atoms with Gasteiger partial charge in [0.25, 0.3) is 11.6 Å². The first-order valence-corrected chi connectivity index (χ1v) is 7.13. The smallest absolute Gasteiger partial charge is 0.291 e. The van der Waals surface area contributed by atoms with Crippen LogP contribution in [0.15, 0.2) is 46.9 Å². The maximum absolute atomic E-state index is 12.5. The van der Waals surface area contributed by atoms with Crippen LogP contribution in [0.2, 0.25) is 0 Å². The lowest BCUT2D eigenvalue weighted by molar-refractivity contribution is -0.384. The fourth-order valence-corrected chi connectivity index (χ4v) is 2.47. The van der Waals surface area contributed by atoms with Crippen LogP contribution in [0.3, 0.4) is 0 Å². The number of para-hydroxylation sites is 1. The number of anilines is 1. The van der Waals surface area contributed by atoms with Crippen molar-refractivity contribution >= 4 is 28.3 Å². The lowest BCUT2D eigenvalue weighted by Gasteiger charge is -2.09. The molecule has 0 saturated heterocycles. The maximum atomic E-state index is 12.5. The SMILES string of the molecule is COc1cc([N+](=O)[O-])ccc1NC(=O)c1oc2ccccc2c1C. The van der Waals surface area contributed by atoms with E-state index in [0.29, 0.717) is 11.3 Å². The minimum atomic E-state index is -0.530. The molecule has 1 aromatic heterocycles. The van der Waals surface area contributed by atoms with E-state index in [0.717, 1.165) is 10.9 Å². The van der Waals surface area contributed by atoms with Gasteiger partial charge in [0, 0.05) is 17.0 Å². The van der Waals surface area contributed by atoms with Gasteiger partial charge in [-0.05, 0) is 19.1 Å². The molecular weight excluding hydrogens is 312 g/mol. The molecule has 3 aromatic rings. The molecule has 1 amide bonds. The third-order valence-electron chi connectivity index (χ3n) is 3.69. The summed E-state index contributed by atoms with van der Waals surface area (Å²) in [4.78, 5) is 22.8. The highest BCUT2D eigenvalue weighted by molar-refractivity contribution is 6.07. The van der Waals surface area contributed by atoms with Crippen molar-refractivity contribution in [3.8, 4) is 5.75 Å². The minimum Gasteiger partial charge on any atom is -0.494 e. The summed E-state index contributed by atoms with van der Waals surface area (Å²) in [6.07, 6.45) is 0. The first kappa shape index (κ1) is 15.5. The zero-order chi connectivity index (χ0) is 17.3. The third kappa shape index (κ3) is 2.67. The summed E-state index contributed by atoms with van der Waals surface area (Å²) >= 11 is 0. The number of hydrogen-bond acceptors (Lipinski definition) is 5. The topological polar surface area (TPSA) is 94.6 Å². The van der Waals surface area contributed by atoms with Crippen molar-refractivity contribution in [3.63, 3.8) is 0 Å². The summed E-state index contributed by atoms with van der Waals surface area (Å²) in [6, 6.07) is 11.3. The maximum Gasteiger partial charge on any atom is 0.291 e. The van der Waals surface area contributed by atoms with Gasteiger partial charge in [0.2, 0.25) is 0 Å². The second-order valence-electron chi connectivity index (χ2n) is 5.15. The standard InChI is InChI=1S/C17H14N2O5/c1-10-12-5-3-4-6-14(12)24-16(10)17(20)18-13-8-7-11(19(21)22)9-15(13)23-2/h3-9H,1-2H3,(H,18,20). The van der Waals surface area contributed by atoms with E-state index in [1.165, 1.54) is 25.3 Å². The molecule has 7 nitrogen and oxygen atoms in total. The van der Waals surface area contributed by atoms with Gasteiger partial charge in [-0.1, -0.05) is 18.2 Å². The lowest BCUT2D eigenvalue weighted by atomic mass is 10.1. The molecule has 1 heterocycles. The zero-order valence-electron chi connectivity index (χ0n) is 13.0. The Morgan fingerprint density at radius 1 is 1.25 bits per heavy atom. The number of aryl methyl sites for hydroxylation is 1. The zero-order valence-corrected chi connectivity index (χ0v) is 13.0. The van der Waals surface area contributed by atoms with Crippen LogP contribution < -0.4 is 10.1 Å². The van der Waals surface area contributed by atoms with Crippen molar-refractivity contribution < 1.29 is 18.9 Å². The first-order valence-electron chi connectivity index (χ1n) is 7.13. The molecule has 0 radical (unpaired) electrons. The van der Waals surface area contributed by atoms with Crippen LogP contribution in [-0.2, 0) is 0 Å². The van der Waals surface area contributed by atoms with Crippen molar-refractivity contribution in [2.24, 2.45) is 0 Å². The van der Waals surface area contributed by atoms with E-state index in [1.54, 1.807) is 13.0 Å². The van der Waals surface area contributed by atoms with Crippen LogP contribution in [0.5, 0.6) is 5.75 Å². The van der Waals surface area contributed by atoms with E-state index in [-0.39, 0.29) is 17.2 Å². The Labute approximate surface area is 137 Å². The third-order valence-corrected chi connectivity index (χ3v) is 3.69. The summed E-state index contributed by atoms with van der Waals surface area (Å²) in [6.45, 7) is 1.80. The summed E-state index contributed by atoms with van der Waals surface area (Å²) in [5, 5.41) is 14.3. The number of non-ortho nitro benzene ring substituents is 1. The molecular formula is C17H14N2O5. The number of hydrogen-bond donors (Lipinski definition) is 1. The Morgan fingerprint density at radius 3 is 2.67 bits per heavy atom. The fourth-order valence-electron chi connectivity index (χ4n) is 2.47. The highest BCUT2D eigenvalue weighted by Gasteiger charge is 2.20. The quantitative estimate of drug-likeness (QED) is 0.579. The predicted molar refractivity (Wildman–Crippen MR) is 88.6 cm³/mol. The number of nitrogens with zero attached hydrogens (tertiary/aromatic N) is 1. The Morgan fingerprint density at radius 2 is 2.00 bits per heavy atom. The number of furan rings is 1. The van der Waals surface area contributed by atoms with E-state index in [4.69, 9.17) is 9.15 Å². The fraction of sp³-hybridized carbons (Fsp3) is 0.118. The van der Waals surface area contributed by atoms with Crippen LogP contribution >= 0.6 is 0 Å². The van der Waals surface area contributed by atoms with Gasteiger partial charge >= 0.3 is 0 Å². The average Bonchev–Trinajstić information content (AvgIpc) is 2.92. The number of amides is 1. The van der Waals surface area contributed by atoms with Crippen LogP contribution in [0.25, 0.3) is 11.0 Å². The van der Waals surface area contributed by atoms with Gasteiger partial charge in [-0.3, -0.25) is 14.9 Å². The molecule has 0 fully saturated rings. The Bertz CT molecular complexity index is 945. The molecule has 0 unspecified atom stereocenters. The molecule has 0 aliphatic rings. The van der Waals surface area contributed by atoms with Gasteiger partial charge in [0.15, 0.2) is 5.76 Å². The van der Waals surface area contributed by atoms with Crippen LogP contribution in [0.1, 0.15) is 16.1 Å². The molecule has 1 N–H and O–H groups in total. The van der Waals surface area contributed by atoms with Gasteiger partial charge in [0.1, 0.15) is 11.3 Å². The molecule has 3 rings (SSSR count). The molecule has 0 spiro atoms. The average molecular weight is 326 g/mol. The minimum absolute atomic E-state index is 0.121. The first-order chi connectivity index (χ1) is 11.5. The molecule has 122 valence electrons. The molecule has 7 heteroatoms. The Balaban J connectivity index is 1.94. The monoisotopic (exact) mass is 326 g/mol. The number of carbonyl (C=O) groups excluding carboxylic acids is 1. The summed E-state index contributed by atoms with van der Waals surface area (Å²) in [5.74, 6) is -0.0567. The Kier molecular flexibility index (Phi) is 3.91. The largest absolute Gasteiger partial charge is 0.494 e. The van der Waals surface area contributed by atoms with Crippen LogP contribution in [0.4, 0.5) is 11.4 Å². The van der Waals surface area contributed by atoms with E-state index in [1.807, 2.05) is 18.2 Å². The number of carbonyl (C=O) groups is 1. The molecule has 0 bridgehead atoms. The van der Waals surface area contributed by atoms with Crippen molar-refractivity contribution in [2.45, 2.75) is 6.92 Å². The number of nitrogens with one attached hydrogen (secondary N) is 1. The van der Waals surface area contributed by atoms with Gasteiger partial charge in [-0.25, -0.2) is 0 Å². The van der Waals surface area contributed by atoms with Gasteiger partial charge in [-0.2, -0.15) is 0 Å². The summed E-state index contributed by atoms with van der Waals surface area (Å²) < 4.78 is 10.7. The number of nitro groups is 1. The van der Waals surface area contributed by atoms with E-state index in [2.05, 4.69) is 5.32 Å². The number of nitro benzene ring substituents is 1. The van der Waals surface area contributed by atoms with Crippen LogP contribution in [0, 0.1) is 17.0 Å². The van der Waals surface area contributed by atoms with Gasteiger partial charge in [0.05, 0.1) is 23.8 Å². The molecule has 0 atom stereocenters. The highest BCUT2D eigenvalue weighted by atomic mass is 16.6.